The van der Waals surface area contributed by atoms with Crippen molar-refractivity contribution in [1.82, 2.24) is 4.90 Å². The highest BCUT2D eigenvalue weighted by Gasteiger charge is 2.30. The van der Waals surface area contributed by atoms with Crippen LogP contribution in [0.3, 0.4) is 0 Å². The number of anilines is 2. The van der Waals surface area contributed by atoms with E-state index in [2.05, 4.69) is 5.32 Å². The lowest BCUT2D eigenvalue weighted by Crippen LogP contribution is -2.36. The van der Waals surface area contributed by atoms with E-state index in [0.717, 1.165) is 4.90 Å². The minimum absolute atomic E-state index is 0.188. The minimum atomic E-state index is -0.400. The van der Waals surface area contributed by atoms with Crippen molar-refractivity contribution in [3.63, 3.8) is 0 Å². The molecule has 1 aromatic carbocycles. The maximum atomic E-state index is 11.7. The predicted octanol–water partition coefficient (Wildman–Crippen LogP) is 0.356. The maximum Gasteiger partial charge on any atom is 0.244 e. The summed E-state index contributed by atoms with van der Waals surface area (Å²) in [6.07, 6.45) is 0.377. The average Bonchev–Trinajstić information content (AvgIpc) is 2.64. The van der Waals surface area contributed by atoms with Gasteiger partial charge in [-0.15, -0.1) is 0 Å². The van der Waals surface area contributed by atoms with Crippen molar-refractivity contribution in [3.8, 4) is 0 Å². The number of carbonyl (C=O) groups is 3. The molecule has 1 fully saturated rings. The number of likely N-dealkylation sites (tertiary alicyclic amines) is 1. The molecule has 3 amide bonds. The molecule has 3 N–H and O–H groups in total. The number of hydrogen-bond donors (Lipinski definition) is 2. The summed E-state index contributed by atoms with van der Waals surface area (Å²) in [5, 5.41) is 2.60. The van der Waals surface area contributed by atoms with Crippen LogP contribution in [0.15, 0.2) is 24.3 Å². The Bertz CT molecular complexity index is 480. The van der Waals surface area contributed by atoms with Crippen LogP contribution >= 0.6 is 0 Å². The van der Waals surface area contributed by atoms with E-state index < -0.39 is 5.91 Å². The monoisotopic (exact) mass is 247 g/mol. The summed E-state index contributed by atoms with van der Waals surface area (Å²) in [7, 11) is 0. The number of rotatable bonds is 3. The van der Waals surface area contributed by atoms with Crippen LogP contribution in [0, 0.1) is 0 Å². The molecule has 0 radical (unpaired) electrons. The molecule has 1 aromatic rings. The van der Waals surface area contributed by atoms with E-state index in [1.54, 1.807) is 24.3 Å². The Morgan fingerprint density at radius 1 is 1.17 bits per heavy atom. The van der Waals surface area contributed by atoms with Gasteiger partial charge in [-0.1, -0.05) is 0 Å². The SMILES string of the molecule is Nc1ccc(NC(=O)CN2C(=O)CCC2=O)cc1. The van der Waals surface area contributed by atoms with E-state index >= 15 is 0 Å². The Morgan fingerprint density at radius 3 is 2.28 bits per heavy atom. The van der Waals surface area contributed by atoms with E-state index in [0.29, 0.717) is 11.4 Å². The van der Waals surface area contributed by atoms with Crippen LogP contribution in [0.5, 0.6) is 0 Å². The molecule has 1 aliphatic heterocycles. The molecule has 0 spiro atoms. The third-order valence-corrected chi connectivity index (χ3v) is 2.65. The third-order valence-electron chi connectivity index (χ3n) is 2.65. The Balaban J connectivity index is 1.94. The van der Waals surface area contributed by atoms with Crippen LogP contribution in [0.25, 0.3) is 0 Å². The predicted molar refractivity (Wildman–Crippen MR) is 65.4 cm³/mol. The normalized spacial score (nSPS) is 15.0. The summed E-state index contributed by atoms with van der Waals surface area (Å²) >= 11 is 0. The second kappa shape index (κ2) is 4.87. The van der Waals surface area contributed by atoms with Gasteiger partial charge in [0.05, 0.1) is 0 Å². The summed E-state index contributed by atoms with van der Waals surface area (Å²) in [5.41, 5.74) is 6.69. The summed E-state index contributed by atoms with van der Waals surface area (Å²) in [5.74, 6) is -0.997. The Kier molecular flexibility index (Phi) is 3.27. The highest BCUT2D eigenvalue weighted by atomic mass is 16.2. The van der Waals surface area contributed by atoms with Gasteiger partial charge in [-0.25, -0.2) is 0 Å². The number of nitrogens with zero attached hydrogens (tertiary/aromatic N) is 1. The van der Waals surface area contributed by atoms with Gasteiger partial charge in [0.2, 0.25) is 17.7 Å². The first-order valence-corrected chi connectivity index (χ1v) is 5.55. The van der Waals surface area contributed by atoms with E-state index in [4.69, 9.17) is 5.73 Å². The highest BCUT2D eigenvalue weighted by molar-refractivity contribution is 6.06. The number of imide groups is 1. The number of nitrogens with two attached hydrogens (primary N) is 1. The van der Waals surface area contributed by atoms with Crippen LogP contribution in [0.1, 0.15) is 12.8 Å². The van der Waals surface area contributed by atoms with Crippen LogP contribution < -0.4 is 11.1 Å². The van der Waals surface area contributed by atoms with Crippen molar-refractivity contribution in [1.29, 1.82) is 0 Å². The van der Waals surface area contributed by atoms with Crippen molar-refractivity contribution >= 4 is 29.1 Å². The Labute approximate surface area is 104 Å². The summed E-state index contributed by atoms with van der Waals surface area (Å²) < 4.78 is 0. The van der Waals surface area contributed by atoms with E-state index in [1.165, 1.54) is 0 Å². The number of amides is 3. The lowest BCUT2D eigenvalue weighted by molar-refractivity contribution is -0.141. The van der Waals surface area contributed by atoms with E-state index in [9.17, 15) is 14.4 Å². The van der Waals surface area contributed by atoms with Crippen LogP contribution in [0.2, 0.25) is 0 Å². The standard InChI is InChI=1S/C12H13N3O3/c13-8-1-3-9(4-2-8)14-10(16)7-15-11(17)5-6-12(15)18/h1-4H,5-7,13H2,(H,14,16). The quantitative estimate of drug-likeness (QED) is 0.595. The number of carbonyl (C=O) groups excluding carboxylic acids is 3. The molecule has 0 atom stereocenters. The fourth-order valence-corrected chi connectivity index (χ4v) is 1.71. The molecule has 18 heavy (non-hydrogen) atoms. The molecular formula is C12H13N3O3. The fourth-order valence-electron chi connectivity index (χ4n) is 1.71. The van der Waals surface area contributed by atoms with Gasteiger partial charge in [-0.2, -0.15) is 0 Å². The molecule has 0 aliphatic carbocycles. The zero-order valence-electron chi connectivity index (χ0n) is 9.68. The van der Waals surface area contributed by atoms with Gasteiger partial charge in [0.15, 0.2) is 0 Å². The smallest absolute Gasteiger partial charge is 0.244 e. The topological polar surface area (TPSA) is 92.5 Å². The van der Waals surface area contributed by atoms with Gasteiger partial charge in [0, 0.05) is 24.2 Å². The van der Waals surface area contributed by atoms with Gasteiger partial charge in [0.25, 0.3) is 0 Å². The lowest BCUT2D eigenvalue weighted by atomic mass is 10.3. The number of hydrogen-bond acceptors (Lipinski definition) is 4. The number of nitrogens with one attached hydrogen (secondary N) is 1. The first kappa shape index (κ1) is 12.1. The maximum absolute atomic E-state index is 11.7. The zero-order chi connectivity index (χ0) is 13.1. The van der Waals surface area contributed by atoms with E-state index in [-0.39, 0.29) is 31.2 Å². The Hall–Kier alpha value is -2.37. The molecule has 6 heteroatoms. The van der Waals surface area contributed by atoms with Gasteiger partial charge in [-0.05, 0) is 24.3 Å². The number of nitrogen functional groups attached to an aromatic ring is 1. The van der Waals surface area contributed by atoms with Crippen molar-refractivity contribution in [3.05, 3.63) is 24.3 Å². The van der Waals surface area contributed by atoms with Gasteiger partial charge in [0.1, 0.15) is 6.54 Å². The molecule has 0 aromatic heterocycles. The summed E-state index contributed by atoms with van der Waals surface area (Å²) in [6, 6.07) is 6.62. The van der Waals surface area contributed by atoms with Crippen LogP contribution in [-0.4, -0.2) is 29.2 Å². The second-order valence-corrected chi connectivity index (χ2v) is 4.04. The molecule has 1 heterocycles. The molecular weight excluding hydrogens is 234 g/mol. The van der Waals surface area contributed by atoms with Gasteiger partial charge >= 0.3 is 0 Å². The lowest BCUT2D eigenvalue weighted by Gasteiger charge is -2.13. The van der Waals surface area contributed by atoms with Gasteiger partial charge < -0.3 is 11.1 Å². The molecule has 6 nitrogen and oxygen atoms in total. The summed E-state index contributed by atoms with van der Waals surface area (Å²) in [4.78, 5) is 35.3. The molecule has 0 bridgehead atoms. The average molecular weight is 247 g/mol. The Morgan fingerprint density at radius 2 is 1.72 bits per heavy atom. The van der Waals surface area contributed by atoms with Crippen molar-refractivity contribution in [2.45, 2.75) is 12.8 Å². The highest BCUT2D eigenvalue weighted by Crippen LogP contribution is 2.13. The van der Waals surface area contributed by atoms with Crippen molar-refractivity contribution < 1.29 is 14.4 Å². The molecule has 0 unspecified atom stereocenters. The third kappa shape index (κ3) is 2.65. The summed E-state index contributed by atoms with van der Waals surface area (Å²) in [6.45, 7) is -0.234. The fraction of sp³-hybridized carbons (Fsp3) is 0.250. The zero-order valence-corrected chi connectivity index (χ0v) is 9.68. The van der Waals surface area contributed by atoms with Crippen molar-refractivity contribution in [2.75, 3.05) is 17.6 Å². The molecule has 1 aliphatic rings. The van der Waals surface area contributed by atoms with E-state index in [1.807, 2.05) is 0 Å². The van der Waals surface area contributed by atoms with Crippen LogP contribution in [0.4, 0.5) is 11.4 Å². The van der Waals surface area contributed by atoms with Crippen LogP contribution in [-0.2, 0) is 14.4 Å². The minimum Gasteiger partial charge on any atom is -0.399 e. The largest absolute Gasteiger partial charge is 0.399 e. The first-order valence-electron chi connectivity index (χ1n) is 5.55. The first-order chi connectivity index (χ1) is 8.56. The molecule has 2 rings (SSSR count). The van der Waals surface area contributed by atoms with Gasteiger partial charge in [-0.3, -0.25) is 19.3 Å². The van der Waals surface area contributed by atoms with Crippen molar-refractivity contribution in [2.24, 2.45) is 0 Å². The molecule has 0 saturated carbocycles. The second-order valence-electron chi connectivity index (χ2n) is 4.04. The number of benzene rings is 1. The molecule has 94 valence electrons. The molecule has 1 saturated heterocycles.